The summed E-state index contributed by atoms with van der Waals surface area (Å²) in [6.07, 6.45) is 0.801. The molecule has 2 atom stereocenters. The van der Waals surface area contributed by atoms with Crippen LogP contribution in [0.5, 0.6) is 5.75 Å². The van der Waals surface area contributed by atoms with E-state index in [9.17, 15) is 9.59 Å². The molecule has 0 saturated heterocycles. The Labute approximate surface area is 201 Å². The van der Waals surface area contributed by atoms with E-state index in [1.165, 1.54) is 4.90 Å². The van der Waals surface area contributed by atoms with Crippen molar-refractivity contribution in [3.8, 4) is 5.75 Å². The second kappa shape index (κ2) is 11.8. The first-order valence-electron chi connectivity index (χ1n) is 9.63. The first kappa shape index (κ1) is 24.8. The van der Waals surface area contributed by atoms with E-state index in [4.69, 9.17) is 27.9 Å². The number of halogens is 3. The molecule has 0 saturated carbocycles. The second-order valence-corrected chi connectivity index (χ2v) is 9.07. The predicted molar refractivity (Wildman–Crippen MR) is 129 cm³/mol. The number of nitrogens with one attached hydrogen (secondary N) is 1. The minimum Gasteiger partial charge on any atom is -0.484 e. The number of hydrogen-bond acceptors (Lipinski definition) is 3. The van der Waals surface area contributed by atoms with Gasteiger partial charge >= 0.3 is 0 Å². The maximum Gasteiger partial charge on any atom is 0.261 e. The molecule has 162 valence electrons. The number of hydrogen-bond donors (Lipinski definition) is 1. The molecule has 2 aromatic carbocycles. The molecular formula is C22H25Cl2IN2O3. The van der Waals surface area contributed by atoms with Crippen molar-refractivity contribution in [3.63, 3.8) is 0 Å². The molecule has 0 aliphatic carbocycles. The van der Waals surface area contributed by atoms with Crippen LogP contribution in [0.1, 0.15) is 32.8 Å². The number of amides is 2. The molecule has 30 heavy (non-hydrogen) atoms. The number of nitrogens with zero attached hydrogens (tertiary/aromatic N) is 1. The minimum absolute atomic E-state index is 0.0184. The average molecular weight is 563 g/mol. The lowest BCUT2D eigenvalue weighted by Crippen LogP contribution is -2.50. The lowest BCUT2D eigenvalue weighted by molar-refractivity contribution is -0.142. The van der Waals surface area contributed by atoms with Gasteiger partial charge in [-0.05, 0) is 84.8 Å². The van der Waals surface area contributed by atoms with Gasteiger partial charge in [0.1, 0.15) is 11.8 Å². The number of carbonyl (C=O) groups is 2. The molecule has 0 aliphatic rings. The first-order chi connectivity index (χ1) is 14.2. The van der Waals surface area contributed by atoms with Crippen molar-refractivity contribution in [1.29, 1.82) is 0 Å². The summed E-state index contributed by atoms with van der Waals surface area (Å²) in [5, 5.41) is 3.76. The van der Waals surface area contributed by atoms with E-state index in [0.29, 0.717) is 15.8 Å². The fraction of sp³-hybridized carbons (Fsp3) is 0.364. The molecule has 0 fully saturated rings. The molecule has 0 aliphatic heterocycles. The molecule has 0 unspecified atom stereocenters. The largest absolute Gasteiger partial charge is 0.484 e. The van der Waals surface area contributed by atoms with Crippen LogP contribution in [-0.2, 0) is 16.1 Å². The summed E-state index contributed by atoms with van der Waals surface area (Å²) in [5.41, 5.74) is 0.773. The Kier molecular flexibility index (Phi) is 9.71. The highest BCUT2D eigenvalue weighted by Gasteiger charge is 2.27. The van der Waals surface area contributed by atoms with Crippen molar-refractivity contribution in [2.75, 3.05) is 6.61 Å². The van der Waals surface area contributed by atoms with Gasteiger partial charge in [-0.15, -0.1) is 0 Å². The Morgan fingerprint density at radius 1 is 1.10 bits per heavy atom. The maximum atomic E-state index is 13.0. The third-order valence-corrected chi connectivity index (χ3v) is 6.14. The lowest BCUT2D eigenvalue weighted by atomic mass is 10.1. The molecule has 0 radical (unpaired) electrons. The average Bonchev–Trinajstić information content (AvgIpc) is 2.73. The Morgan fingerprint density at radius 3 is 2.37 bits per heavy atom. The molecule has 2 aromatic rings. The van der Waals surface area contributed by atoms with Crippen LogP contribution in [0.15, 0.2) is 42.5 Å². The fourth-order valence-corrected chi connectivity index (χ4v) is 3.32. The highest BCUT2D eigenvalue weighted by atomic mass is 127. The molecule has 2 rings (SSSR count). The van der Waals surface area contributed by atoms with Crippen molar-refractivity contribution in [2.24, 2.45) is 0 Å². The molecule has 2 amide bonds. The van der Waals surface area contributed by atoms with Gasteiger partial charge in [0.25, 0.3) is 5.91 Å². The van der Waals surface area contributed by atoms with E-state index < -0.39 is 6.04 Å². The normalized spacial score (nSPS) is 12.7. The number of benzene rings is 2. The predicted octanol–water partition coefficient (Wildman–Crippen LogP) is 5.31. The fourth-order valence-electron chi connectivity index (χ4n) is 2.64. The summed E-state index contributed by atoms with van der Waals surface area (Å²) in [6.45, 7) is 5.65. The Balaban J connectivity index is 2.17. The first-order valence-corrected chi connectivity index (χ1v) is 11.5. The summed E-state index contributed by atoms with van der Waals surface area (Å²) in [4.78, 5) is 27.2. The number of carbonyl (C=O) groups excluding carboxylic acids is 2. The smallest absolute Gasteiger partial charge is 0.261 e. The molecule has 5 nitrogen and oxygen atoms in total. The summed E-state index contributed by atoms with van der Waals surface area (Å²) in [7, 11) is 0. The van der Waals surface area contributed by atoms with Gasteiger partial charge in [-0.1, -0.05) is 36.2 Å². The quantitative estimate of drug-likeness (QED) is 0.421. The minimum atomic E-state index is -0.679. The van der Waals surface area contributed by atoms with Crippen LogP contribution in [-0.4, -0.2) is 35.4 Å². The number of rotatable bonds is 9. The van der Waals surface area contributed by atoms with Gasteiger partial charge < -0.3 is 15.0 Å². The van der Waals surface area contributed by atoms with Gasteiger partial charge in [0.05, 0.1) is 10.0 Å². The molecule has 0 spiro atoms. The molecule has 0 heterocycles. The van der Waals surface area contributed by atoms with E-state index in [1.54, 1.807) is 37.3 Å². The summed E-state index contributed by atoms with van der Waals surface area (Å²) >= 11 is 14.3. The molecule has 8 heteroatoms. The Bertz CT molecular complexity index is 877. The van der Waals surface area contributed by atoms with E-state index in [0.717, 1.165) is 15.6 Å². The van der Waals surface area contributed by atoms with E-state index >= 15 is 0 Å². The Morgan fingerprint density at radius 2 is 1.77 bits per heavy atom. The van der Waals surface area contributed by atoms with Gasteiger partial charge in [0.2, 0.25) is 5.91 Å². The summed E-state index contributed by atoms with van der Waals surface area (Å²) in [5.74, 6) is 0.0772. The van der Waals surface area contributed by atoms with Crippen LogP contribution >= 0.6 is 45.8 Å². The van der Waals surface area contributed by atoms with Gasteiger partial charge in [-0.3, -0.25) is 9.59 Å². The van der Waals surface area contributed by atoms with Crippen LogP contribution in [0.4, 0.5) is 0 Å². The van der Waals surface area contributed by atoms with E-state index in [2.05, 4.69) is 27.9 Å². The van der Waals surface area contributed by atoms with E-state index in [1.807, 2.05) is 26.0 Å². The van der Waals surface area contributed by atoms with Gasteiger partial charge in [-0.25, -0.2) is 0 Å². The maximum absolute atomic E-state index is 13.0. The standard InChI is InChI=1S/C22H25Cl2IN2O3/c1-4-14(2)26-22(29)15(3)27(12-16-5-10-19(23)20(24)11-16)21(28)13-30-18-8-6-17(25)7-9-18/h5-11,14-15H,4,12-13H2,1-3H3,(H,26,29)/t14-,15+/m0/s1. The Hall–Kier alpha value is -1.51. The highest BCUT2D eigenvalue weighted by Crippen LogP contribution is 2.24. The molecule has 0 aromatic heterocycles. The van der Waals surface area contributed by atoms with Crippen molar-refractivity contribution in [1.82, 2.24) is 10.2 Å². The highest BCUT2D eigenvalue weighted by molar-refractivity contribution is 14.1. The molecule has 0 bridgehead atoms. The second-order valence-electron chi connectivity index (χ2n) is 7.01. The zero-order valence-electron chi connectivity index (χ0n) is 17.1. The SMILES string of the molecule is CC[C@H](C)NC(=O)[C@@H](C)N(Cc1ccc(Cl)c(Cl)c1)C(=O)COc1ccc(I)cc1. The third-order valence-electron chi connectivity index (χ3n) is 4.68. The summed E-state index contributed by atoms with van der Waals surface area (Å²) in [6, 6.07) is 11.9. The van der Waals surface area contributed by atoms with Crippen molar-refractivity contribution in [3.05, 3.63) is 61.6 Å². The van der Waals surface area contributed by atoms with Gasteiger partial charge in [-0.2, -0.15) is 0 Å². The third kappa shape index (κ3) is 7.32. The van der Waals surface area contributed by atoms with Gasteiger partial charge in [0.15, 0.2) is 6.61 Å². The molecular weight excluding hydrogens is 538 g/mol. The van der Waals surface area contributed by atoms with Crippen molar-refractivity contribution < 1.29 is 14.3 Å². The zero-order valence-corrected chi connectivity index (χ0v) is 20.8. The van der Waals surface area contributed by atoms with Gasteiger partial charge in [0, 0.05) is 16.2 Å². The van der Waals surface area contributed by atoms with Crippen LogP contribution in [0.3, 0.4) is 0 Å². The van der Waals surface area contributed by atoms with Crippen LogP contribution < -0.4 is 10.1 Å². The van der Waals surface area contributed by atoms with Crippen molar-refractivity contribution in [2.45, 2.75) is 45.8 Å². The van der Waals surface area contributed by atoms with Crippen LogP contribution in [0, 0.1) is 3.57 Å². The monoisotopic (exact) mass is 562 g/mol. The topological polar surface area (TPSA) is 58.6 Å². The van der Waals surface area contributed by atoms with Crippen molar-refractivity contribution >= 4 is 57.6 Å². The van der Waals surface area contributed by atoms with E-state index in [-0.39, 0.29) is 31.0 Å². The van der Waals surface area contributed by atoms with Crippen LogP contribution in [0.2, 0.25) is 10.0 Å². The lowest BCUT2D eigenvalue weighted by Gasteiger charge is -2.29. The number of ether oxygens (including phenoxy) is 1. The summed E-state index contributed by atoms with van der Waals surface area (Å²) < 4.78 is 6.72. The molecule has 1 N–H and O–H groups in total. The zero-order chi connectivity index (χ0) is 22.3. The van der Waals surface area contributed by atoms with Crippen LogP contribution in [0.25, 0.3) is 0 Å².